The van der Waals surface area contributed by atoms with E-state index in [2.05, 4.69) is 18.8 Å². The molecule has 18 heavy (non-hydrogen) atoms. The molecule has 0 saturated carbocycles. The Morgan fingerprint density at radius 3 is 2.67 bits per heavy atom. The third-order valence-electron chi connectivity index (χ3n) is 2.85. The van der Waals surface area contributed by atoms with Gasteiger partial charge in [0.25, 0.3) is 5.91 Å². The summed E-state index contributed by atoms with van der Waals surface area (Å²) in [7, 11) is 0. The zero-order valence-corrected chi connectivity index (χ0v) is 10.8. The molecular weight excluding hydrogens is 228 g/mol. The number of nitrogens with zero attached hydrogens (tertiary/aromatic N) is 2. The Kier molecular flexibility index (Phi) is 3.97. The highest BCUT2D eigenvalue weighted by Crippen LogP contribution is 2.16. The SMILES string of the molecule is CCCN(CCC)C(=O)c1ccc2ocnc2c1. The first kappa shape index (κ1) is 12.6. The van der Waals surface area contributed by atoms with E-state index in [-0.39, 0.29) is 5.91 Å². The Hall–Kier alpha value is -1.84. The molecule has 0 atom stereocenters. The number of amides is 1. The Labute approximate surface area is 107 Å². The number of aromatic nitrogens is 1. The van der Waals surface area contributed by atoms with Crippen molar-refractivity contribution in [1.82, 2.24) is 9.88 Å². The number of rotatable bonds is 5. The molecule has 2 rings (SSSR count). The lowest BCUT2D eigenvalue weighted by Gasteiger charge is -2.21. The van der Waals surface area contributed by atoms with Gasteiger partial charge in [0, 0.05) is 18.7 Å². The molecule has 0 aliphatic heterocycles. The summed E-state index contributed by atoms with van der Waals surface area (Å²) in [6.45, 7) is 5.75. The summed E-state index contributed by atoms with van der Waals surface area (Å²) >= 11 is 0. The van der Waals surface area contributed by atoms with Crippen LogP contribution in [0.5, 0.6) is 0 Å². The standard InChI is InChI=1S/C14H18N2O2/c1-3-7-16(8-4-2)14(17)11-5-6-13-12(9-11)15-10-18-13/h5-6,9-10H,3-4,7-8H2,1-2H3. The molecule has 0 aliphatic carbocycles. The minimum Gasteiger partial charge on any atom is -0.443 e. The van der Waals surface area contributed by atoms with Gasteiger partial charge in [0.05, 0.1) is 0 Å². The number of oxazole rings is 1. The summed E-state index contributed by atoms with van der Waals surface area (Å²) < 4.78 is 5.17. The second kappa shape index (κ2) is 5.67. The predicted octanol–water partition coefficient (Wildman–Crippen LogP) is 3.09. The normalized spacial score (nSPS) is 10.8. The summed E-state index contributed by atoms with van der Waals surface area (Å²) in [5.74, 6) is 0.0728. The molecule has 0 saturated heterocycles. The molecule has 0 bridgehead atoms. The van der Waals surface area contributed by atoms with Crippen LogP contribution >= 0.6 is 0 Å². The van der Waals surface area contributed by atoms with Crippen molar-refractivity contribution in [2.24, 2.45) is 0 Å². The predicted molar refractivity (Wildman–Crippen MR) is 70.5 cm³/mol. The van der Waals surface area contributed by atoms with E-state index in [9.17, 15) is 4.79 Å². The van der Waals surface area contributed by atoms with Crippen LogP contribution in [0.25, 0.3) is 11.1 Å². The molecule has 1 aromatic carbocycles. The molecule has 2 aromatic rings. The van der Waals surface area contributed by atoms with Gasteiger partial charge in [0.1, 0.15) is 5.52 Å². The summed E-state index contributed by atoms with van der Waals surface area (Å²) in [5, 5.41) is 0. The molecule has 1 amide bonds. The molecule has 0 unspecified atom stereocenters. The fourth-order valence-electron chi connectivity index (χ4n) is 2.03. The van der Waals surface area contributed by atoms with Gasteiger partial charge in [-0.15, -0.1) is 0 Å². The van der Waals surface area contributed by atoms with E-state index in [1.165, 1.54) is 6.39 Å². The van der Waals surface area contributed by atoms with Crippen LogP contribution in [0.15, 0.2) is 29.0 Å². The maximum atomic E-state index is 12.4. The van der Waals surface area contributed by atoms with E-state index >= 15 is 0 Å². The number of carbonyl (C=O) groups is 1. The maximum absolute atomic E-state index is 12.4. The van der Waals surface area contributed by atoms with Gasteiger partial charge in [-0.2, -0.15) is 0 Å². The van der Waals surface area contributed by atoms with Crippen LogP contribution in [0, 0.1) is 0 Å². The number of hydrogen-bond acceptors (Lipinski definition) is 3. The van der Waals surface area contributed by atoms with Crippen molar-refractivity contribution in [3.05, 3.63) is 30.2 Å². The van der Waals surface area contributed by atoms with Gasteiger partial charge < -0.3 is 9.32 Å². The lowest BCUT2D eigenvalue weighted by atomic mass is 10.1. The minimum atomic E-state index is 0.0728. The van der Waals surface area contributed by atoms with Crippen LogP contribution in [0.4, 0.5) is 0 Å². The van der Waals surface area contributed by atoms with Gasteiger partial charge in [-0.05, 0) is 31.0 Å². The van der Waals surface area contributed by atoms with Crippen LogP contribution in [0.1, 0.15) is 37.0 Å². The summed E-state index contributed by atoms with van der Waals surface area (Å²) in [5.41, 5.74) is 2.12. The number of benzene rings is 1. The van der Waals surface area contributed by atoms with Gasteiger partial charge in [-0.25, -0.2) is 4.98 Å². The lowest BCUT2D eigenvalue weighted by molar-refractivity contribution is 0.0755. The molecule has 0 aliphatic rings. The smallest absolute Gasteiger partial charge is 0.253 e. The van der Waals surface area contributed by atoms with E-state index in [1.807, 2.05) is 4.90 Å². The van der Waals surface area contributed by atoms with E-state index in [1.54, 1.807) is 18.2 Å². The minimum absolute atomic E-state index is 0.0728. The highest BCUT2D eigenvalue weighted by molar-refractivity contribution is 5.97. The van der Waals surface area contributed by atoms with E-state index in [0.717, 1.165) is 31.4 Å². The lowest BCUT2D eigenvalue weighted by Crippen LogP contribution is -2.32. The molecule has 96 valence electrons. The second-order valence-corrected chi connectivity index (χ2v) is 4.33. The van der Waals surface area contributed by atoms with E-state index in [4.69, 9.17) is 4.42 Å². The topological polar surface area (TPSA) is 46.3 Å². The largest absolute Gasteiger partial charge is 0.443 e. The average Bonchev–Trinajstić information content (AvgIpc) is 2.84. The average molecular weight is 246 g/mol. The van der Waals surface area contributed by atoms with Crippen molar-refractivity contribution in [2.75, 3.05) is 13.1 Å². The fraction of sp³-hybridized carbons (Fsp3) is 0.429. The molecule has 1 heterocycles. The van der Waals surface area contributed by atoms with Gasteiger partial charge >= 0.3 is 0 Å². The maximum Gasteiger partial charge on any atom is 0.253 e. The first-order valence-corrected chi connectivity index (χ1v) is 6.38. The first-order valence-electron chi connectivity index (χ1n) is 6.38. The summed E-state index contributed by atoms with van der Waals surface area (Å²) in [6, 6.07) is 5.39. The van der Waals surface area contributed by atoms with Crippen molar-refractivity contribution in [3.8, 4) is 0 Å². The van der Waals surface area contributed by atoms with Crippen molar-refractivity contribution in [2.45, 2.75) is 26.7 Å². The highest BCUT2D eigenvalue weighted by Gasteiger charge is 2.15. The van der Waals surface area contributed by atoms with Gasteiger partial charge in [-0.1, -0.05) is 13.8 Å². The van der Waals surface area contributed by atoms with Crippen LogP contribution in [-0.4, -0.2) is 28.9 Å². The quantitative estimate of drug-likeness (QED) is 0.814. The van der Waals surface area contributed by atoms with Gasteiger partial charge in [0.15, 0.2) is 12.0 Å². The first-order chi connectivity index (χ1) is 8.76. The van der Waals surface area contributed by atoms with Crippen molar-refractivity contribution < 1.29 is 9.21 Å². The molecule has 0 radical (unpaired) electrons. The van der Waals surface area contributed by atoms with Crippen LogP contribution in [0.2, 0.25) is 0 Å². The monoisotopic (exact) mass is 246 g/mol. The van der Waals surface area contributed by atoms with Crippen LogP contribution < -0.4 is 0 Å². The summed E-state index contributed by atoms with van der Waals surface area (Å²) in [4.78, 5) is 18.3. The highest BCUT2D eigenvalue weighted by atomic mass is 16.3. The van der Waals surface area contributed by atoms with Gasteiger partial charge in [0.2, 0.25) is 0 Å². The van der Waals surface area contributed by atoms with E-state index < -0.39 is 0 Å². The molecule has 0 spiro atoms. The third kappa shape index (κ3) is 2.53. The Morgan fingerprint density at radius 1 is 1.28 bits per heavy atom. The third-order valence-corrected chi connectivity index (χ3v) is 2.85. The number of fused-ring (bicyclic) bond motifs is 1. The van der Waals surface area contributed by atoms with E-state index in [0.29, 0.717) is 11.1 Å². The van der Waals surface area contributed by atoms with Crippen molar-refractivity contribution in [1.29, 1.82) is 0 Å². The van der Waals surface area contributed by atoms with Crippen molar-refractivity contribution >= 4 is 17.0 Å². The Balaban J connectivity index is 2.24. The Bertz CT molecular complexity index is 527. The zero-order valence-electron chi connectivity index (χ0n) is 10.8. The van der Waals surface area contributed by atoms with Gasteiger partial charge in [-0.3, -0.25) is 4.79 Å². The number of carbonyl (C=O) groups excluding carboxylic acids is 1. The molecular formula is C14H18N2O2. The molecule has 0 N–H and O–H groups in total. The van der Waals surface area contributed by atoms with Crippen molar-refractivity contribution in [3.63, 3.8) is 0 Å². The fourth-order valence-corrected chi connectivity index (χ4v) is 2.03. The summed E-state index contributed by atoms with van der Waals surface area (Å²) in [6.07, 6.45) is 3.34. The Morgan fingerprint density at radius 2 is 2.00 bits per heavy atom. The molecule has 4 nitrogen and oxygen atoms in total. The molecule has 1 aromatic heterocycles. The molecule has 4 heteroatoms. The van der Waals surface area contributed by atoms with Crippen LogP contribution in [-0.2, 0) is 0 Å². The van der Waals surface area contributed by atoms with Crippen LogP contribution in [0.3, 0.4) is 0 Å². The molecule has 0 fully saturated rings. The number of hydrogen-bond donors (Lipinski definition) is 0. The zero-order chi connectivity index (χ0) is 13.0. The second-order valence-electron chi connectivity index (χ2n) is 4.33.